The zero-order valence-corrected chi connectivity index (χ0v) is 17.9. The molecule has 1 saturated carbocycles. The van der Waals surface area contributed by atoms with Gasteiger partial charge in [0.2, 0.25) is 0 Å². The second-order valence-electron chi connectivity index (χ2n) is 6.14. The molecule has 2 aliphatic rings. The van der Waals surface area contributed by atoms with Crippen molar-refractivity contribution in [2.45, 2.75) is 56.7 Å². The average Bonchev–Trinajstić information content (AvgIpc) is 2.54. The van der Waals surface area contributed by atoms with Crippen molar-refractivity contribution in [2.24, 2.45) is 10.9 Å². The molecule has 1 saturated heterocycles. The summed E-state index contributed by atoms with van der Waals surface area (Å²) >= 11 is 4.12. The predicted molar refractivity (Wildman–Crippen MR) is 114 cm³/mol. The molecule has 2 atom stereocenters. The van der Waals surface area contributed by atoms with E-state index in [1.54, 1.807) is 0 Å². The maximum absolute atomic E-state index is 4.86. The van der Waals surface area contributed by atoms with Crippen LogP contribution in [0.25, 0.3) is 0 Å². The third-order valence-corrected chi connectivity index (χ3v) is 6.64. The van der Waals surface area contributed by atoms with E-state index in [1.165, 1.54) is 50.0 Å². The van der Waals surface area contributed by atoms with Crippen LogP contribution in [0.15, 0.2) is 4.99 Å². The highest BCUT2D eigenvalue weighted by atomic mass is 127. The molecule has 0 aromatic carbocycles. The molecule has 2 unspecified atom stereocenters. The number of thioether (sulfide) groups is 2. The fourth-order valence-corrected chi connectivity index (χ4v) is 5.18. The fourth-order valence-electron chi connectivity index (χ4n) is 3.15. The van der Waals surface area contributed by atoms with Gasteiger partial charge >= 0.3 is 0 Å². The number of hydrogen-bond donors (Lipinski definition) is 2. The van der Waals surface area contributed by atoms with Crippen LogP contribution in [-0.2, 0) is 0 Å². The summed E-state index contributed by atoms with van der Waals surface area (Å²) in [6.07, 6.45) is 10.2. The van der Waals surface area contributed by atoms with Crippen molar-refractivity contribution in [3.05, 3.63) is 0 Å². The normalized spacial score (nSPS) is 27.1. The standard InChI is InChI=1S/C16H31N3S2.HI/c1-3-17-16(18-12-13-7-9-21-10-8-13)19-14-5-4-6-15(11-14)20-2;/h13-15H,3-12H2,1-2H3,(H2,17,18,19);1H. The number of halogens is 1. The highest BCUT2D eigenvalue weighted by molar-refractivity contribution is 14.0. The van der Waals surface area contributed by atoms with Crippen molar-refractivity contribution >= 4 is 53.5 Å². The summed E-state index contributed by atoms with van der Waals surface area (Å²) in [6.45, 7) is 4.10. The number of rotatable bonds is 5. The molecule has 2 fully saturated rings. The van der Waals surface area contributed by atoms with E-state index in [2.05, 4.69) is 35.6 Å². The molecular weight excluding hydrogens is 425 g/mol. The van der Waals surface area contributed by atoms with Gasteiger partial charge in [-0.05, 0) is 62.7 Å². The van der Waals surface area contributed by atoms with Crippen LogP contribution in [0.4, 0.5) is 0 Å². The van der Waals surface area contributed by atoms with E-state index in [1.807, 2.05) is 11.8 Å². The van der Waals surface area contributed by atoms with Crippen LogP contribution in [0, 0.1) is 5.92 Å². The number of nitrogens with one attached hydrogen (secondary N) is 2. The first-order chi connectivity index (χ1) is 10.3. The van der Waals surface area contributed by atoms with Crippen LogP contribution in [0.1, 0.15) is 45.4 Å². The Hall–Kier alpha value is 0.700. The monoisotopic (exact) mass is 457 g/mol. The summed E-state index contributed by atoms with van der Waals surface area (Å²) in [5.41, 5.74) is 0. The Labute approximate surface area is 162 Å². The SMILES string of the molecule is CCNC(=NCC1CCSCC1)NC1CCCC(SC)C1.I. The Morgan fingerprint density at radius 3 is 2.68 bits per heavy atom. The number of guanidine groups is 1. The molecule has 130 valence electrons. The van der Waals surface area contributed by atoms with Gasteiger partial charge in [0.15, 0.2) is 5.96 Å². The van der Waals surface area contributed by atoms with E-state index in [4.69, 9.17) is 4.99 Å². The van der Waals surface area contributed by atoms with Crippen LogP contribution >= 0.6 is 47.5 Å². The Balaban J connectivity index is 0.00000242. The molecule has 1 heterocycles. The van der Waals surface area contributed by atoms with E-state index in [9.17, 15) is 0 Å². The van der Waals surface area contributed by atoms with Gasteiger partial charge in [0.25, 0.3) is 0 Å². The van der Waals surface area contributed by atoms with E-state index >= 15 is 0 Å². The molecule has 22 heavy (non-hydrogen) atoms. The number of aliphatic imine (C=N–C) groups is 1. The average molecular weight is 457 g/mol. The summed E-state index contributed by atoms with van der Waals surface area (Å²) in [6, 6.07) is 0.607. The van der Waals surface area contributed by atoms with Gasteiger partial charge < -0.3 is 10.6 Å². The smallest absolute Gasteiger partial charge is 0.191 e. The van der Waals surface area contributed by atoms with Crippen molar-refractivity contribution in [3.8, 4) is 0 Å². The van der Waals surface area contributed by atoms with Gasteiger partial charge in [-0.3, -0.25) is 4.99 Å². The largest absolute Gasteiger partial charge is 0.357 e. The van der Waals surface area contributed by atoms with Crippen molar-refractivity contribution in [2.75, 3.05) is 30.9 Å². The maximum Gasteiger partial charge on any atom is 0.191 e. The molecule has 0 aromatic rings. The third kappa shape index (κ3) is 7.51. The van der Waals surface area contributed by atoms with Crippen molar-refractivity contribution in [3.63, 3.8) is 0 Å². The quantitative estimate of drug-likeness (QED) is 0.372. The molecule has 1 aliphatic heterocycles. The highest BCUT2D eigenvalue weighted by Gasteiger charge is 2.22. The molecule has 3 nitrogen and oxygen atoms in total. The molecule has 2 N–H and O–H groups in total. The zero-order chi connectivity index (χ0) is 14.9. The zero-order valence-electron chi connectivity index (χ0n) is 14.0. The molecule has 1 aliphatic carbocycles. The van der Waals surface area contributed by atoms with Gasteiger partial charge in [-0.2, -0.15) is 23.5 Å². The highest BCUT2D eigenvalue weighted by Crippen LogP contribution is 2.27. The van der Waals surface area contributed by atoms with Gasteiger partial charge in [-0.25, -0.2) is 0 Å². The lowest BCUT2D eigenvalue weighted by Crippen LogP contribution is -2.46. The van der Waals surface area contributed by atoms with Crippen molar-refractivity contribution < 1.29 is 0 Å². The Morgan fingerprint density at radius 1 is 1.23 bits per heavy atom. The number of hydrogen-bond acceptors (Lipinski definition) is 3. The Bertz CT molecular complexity index is 323. The minimum Gasteiger partial charge on any atom is -0.357 e. The lowest BCUT2D eigenvalue weighted by molar-refractivity contribution is 0.418. The van der Waals surface area contributed by atoms with Gasteiger partial charge in [0, 0.05) is 24.4 Å². The molecule has 0 bridgehead atoms. The molecular formula is C16H32IN3S2. The molecule has 0 aromatic heterocycles. The minimum absolute atomic E-state index is 0. The van der Waals surface area contributed by atoms with Crippen LogP contribution in [0.3, 0.4) is 0 Å². The second kappa shape index (κ2) is 12.1. The lowest BCUT2D eigenvalue weighted by Gasteiger charge is -2.30. The summed E-state index contributed by atoms with van der Waals surface area (Å²) in [7, 11) is 0. The first kappa shape index (κ1) is 20.7. The van der Waals surface area contributed by atoms with Crippen LogP contribution < -0.4 is 10.6 Å². The van der Waals surface area contributed by atoms with E-state index < -0.39 is 0 Å². The summed E-state index contributed by atoms with van der Waals surface area (Å²) < 4.78 is 0. The van der Waals surface area contributed by atoms with E-state index in [-0.39, 0.29) is 24.0 Å². The fraction of sp³-hybridized carbons (Fsp3) is 0.938. The van der Waals surface area contributed by atoms with E-state index in [0.29, 0.717) is 6.04 Å². The van der Waals surface area contributed by atoms with Gasteiger partial charge in [-0.1, -0.05) is 6.42 Å². The van der Waals surface area contributed by atoms with Crippen molar-refractivity contribution in [1.29, 1.82) is 0 Å². The minimum atomic E-state index is 0. The van der Waals surface area contributed by atoms with Crippen molar-refractivity contribution in [1.82, 2.24) is 10.6 Å². The maximum atomic E-state index is 4.86. The second-order valence-corrected chi connectivity index (χ2v) is 8.50. The van der Waals surface area contributed by atoms with Crippen LogP contribution in [0.5, 0.6) is 0 Å². The summed E-state index contributed by atoms with van der Waals surface area (Å²) in [5.74, 6) is 4.49. The lowest BCUT2D eigenvalue weighted by atomic mass is 9.95. The summed E-state index contributed by atoms with van der Waals surface area (Å²) in [5, 5.41) is 7.94. The topological polar surface area (TPSA) is 36.4 Å². The molecule has 6 heteroatoms. The predicted octanol–water partition coefficient (Wildman–Crippen LogP) is 3.98. The van der Waals surface area contributed by atoms with E-state index in [0.717, 1.165) is 30.2 Å². The Morgan fingerprint density at radius 2 is 2.00 bits per heavy atom. The molecule has 0 radical (unpaired) electrons. The molecule has 0 spiro atoms. The van der Waals surface area contributed by atoms with Gasteiger partial charge in [0.05, 0.1) is 0 Å². The number of nitrogens with zero attached hydrogens (tertiary/aromatic N) is 1. The van der Waals surface area contributed by atoms with Gasteiger partial charge in [0.1, 0.15) is 0 Å². The summed E-state index contributed by atoms with van der Waals surface area (Å²) in [4.78, 5) is 4.86. The molecule has 0 amide bonds. The first-order valence-corrected chi connectivity index (χ1v) is 10.9. The Kier molecular flexibility index (Phi) is 11.4. The van der Waals surface area contributed by atoms with Gasteiger partial charge in [-0.15, -0.1) is 24.0 Å². The van der Waals surface area contributed by atoms with Crippen LogP contribution in [-0.4, -0.2) is 48.1 Å². The van der Waals surface area contributed by atoms with Crippen LogP contribution in [0.2, 0.25) is 0 Å². The molecule has 2 rings (SSSR count). The first-order valence-electron chi connectivity index (χ1n) is 8.47. The third-order valence-electron chi connectivity index (χ3n) is 4.49.